The number of nitrogens with one attached hydrogen (secondary N) is 1. The van der Waals surface area contributed by atoms with E-state index in [1.165, 1.54) is 22.7 Å². The van der Waals surface area contributed by atoms with E-state index in [9.17, 15) is 0 Å². The van der Waals surface area contributed by atoms with Crippen LogP contribution in [0.3, 0.4) is 0 Å². The van der Waals surface area contributed by atoms with E-state index in [-0.39, 0.29) is 0 Å². The van der Waals surface area contributed by atoms with E-state index in [1.807, 2.05) is 18.4 Å². The molecule has 0 fully saturated rings. The zero-order chi connectivity index (χ0) is 12.4. The fourth-order valence-corrected chi connectivity index (χ4v) is 4.01. The maximum absolute atomic E-state index is 4.65. The second-order valence-electron chi connectivity index (χ2n) is 4.59. The molecular formula is C13H17N3S2. The first-order chi connectivity index (χ1) is 8.85. The summed E-state index contributed by atoms with van der Waals surface area (Å²) in [4.78, 5) is 8.72. The lowest BCUT2D eigenvalue weighted by atomic mass is 10.1. The van der Waals surface area contributed by atoms with Crippen molar-refractivity contribution in [1.82, 2.24) is 15.2 Å². The number of aromatic nitrogens is 1. The van der Waals surface area contributed by atoms with E-state index in [2.05, 4.69) is 32.0 Å². The van der Waals surface area contributed by atoms with Crippen molar-refractivity contribution in [3.8, 4) is 0 Å². The number of thiophene rings is 1. The normalized spacial score (nSPS) is 15.8. The highest BCUT2D eigenvalue weighted by atomic mass is 32.1. The molecule has 0 atom stereocenters. The minimum absolute atomic E-state index is 0.874. The van der Waals surface area contributed by atoms with E-state index >= 15 is 0 Å². The van der Waals surface area contributed by atoms with Gasteiger partial charge in [-0.1, -0.05) is 0 Å². The minimum atomic E-state index is 0.874. The van der Waals surface area contributed by atoms with Crippen LogP contribution in [0, 0.1) is 0 Å². The standard InChI is InChI=1S/C13H17N3S2/c1-14-6-13-15-11(9-18-13)8-16-4-2-12-10(7-16)3-5-17-12/h3,5,9,14H,2,4,6-8H2,1H3. The van der Waals surface area contributed by atoms with Crippen LogP contribution in [-0.4, -0.2) is 23.5 Å². The SMILES string of the molecule is CNCc1nc(CN2CCc3sccc3C2)cs1. The molecule has 3 heterocycles. The zero-order valence-electron chi connectivity index (χ0n) is 10.5. The molecule has 0 spiro atoms. The number of thiazole rings is 1. The zero-order valence-corrected chi connectivity index (χ0v) is 12.1. The second-order valence-corrected chi connectivity index (χ2v) is 6.54. The largest absolute Gasteiger partial charge is 0.314 e. The lowest BCUT2D eigenvalue weighted by Gasteiger charge is -2.25. The van der Waals surface area contributed by atoms with E-state index < -0.39 is 0 Å². The molecule has 0 aromatic carbocycles. The summed E-state index contributed by atoms with van der Waals surface area (Å²) in [7, 11) is 1.96. The van der Waals surface area contributed by atoms with Crippen molar-refractivity contribution in [2.75, 3.05) is 13.6 Å². The quantitative estimate of drug-likeness (QED) is 0.932. The highest BCUT2D eigenvalue weighted by Crippen LogP contribution is 2.25. The molecule has 1 aliphatic rings. The molecule has 2 aromatic rings. The van der Waals surface area contributed by atoms with Crippen molar-refractivity contribution in [2.45, 2.75) is 26.1 Å². The first kappa shape index (κ1) is 12.3. The Kier molecular flexibility index (Phi) is 3.75. The van der Waals surface area contributed by atoms with E-state index in [4.69, 9.17) is 0 Å². The van der Waals surface area contributed by atoms with Crippen molar-refractivity contribution >= 4 is 22.7 Å². The molecule has 0 saturated heterocycles. The minimum Gasteiger partial charge on any atom is -0.314 e. The molecule has 0 saturated carbocycles. The van der Waals surface area contributed by atoms with Gasteiger partial charge in [-0.3, -0.25) is 4.90 Å². The summed E-state index contributed by atoms with van der Waals surface area (Å²) in [6.45, 7) is 4.10. The van der Waals surface area contributed by atoms with Crippen LogP contribution in [0.2, 0.25) is 0 Å². The summed E-state index contributed by atoms with van der Waals surface area (Å²) in [5.41, 5.74) is 2.72. The molecule has 5 heteroatoms. The summed E-state index contributed by atoms with van der Waals surface area (Å²) in [5.74, 6) is 0. The van der Waals surface area contributed by atoms with Gasteiger partial charge in [0.15, 0.2) is 0 Å². The Morgan fingerprint density at radius 3 is 3.28 bits per heavy atom. The van der Waals surface area contributed by atoms with Gasteiger partial charge in [0.2, 0.25) is 0 Å². The van der Waals surface area contributed by atoms with Gasteiger partial charge in [0, 0.05) is 36.4 Å². The topological polar surface area (TPSA) is 28.2 Å². The third-order valence-corrected chi connectivity index (χ3v) is 5.12. The van der Waals surface area contributed by atoms with Crippen molar-refractivity contribution in [3.05, 3.63) is 38.0 Å². The van der Waals surface area contributed by atoms with Crippen molar-refractivity contribution in [2.24, 2.45) is 0 Å². The lowest BCUT2D eigenvalue weighted by Crippen LogP contribution is -2.29. The predicted molar refractivity (Wildman–Crippen MR) is 77.0 cm³/mol. The Morgan fingerprint density at radius 1 is 1.44 bits per heavy atom. The number of hydrogen-bond acceptors (Lipinski definition) is 5. The summed E-state index contributed by atoms with van der Waals surface area (Å²) >= 11 is 3.65. The second kappa shape index (κ2) is 5.48. The Labute approximate surface area is 115 Å². The molecule has 3 rings (SSSR count). The highest BCUT2D eigenvalue weighted by Gasteiger charge is 2.17. The van der Waals surface area contributed by atoms with Gasteiger partial charge in [0.25, 0.3) is 0 Å². The van der Waals surface area contributed by atoms with Gasteiger partial charge < -0.3 is 5.32 Å². The van der Waals surface area contributed by atoms with Gasteiger partial charge in [-0.05, 0) is 30.5 Å². The van der Waals surface area contributed by atoms with Gasteiger partial charge in [-0.15, -0.1) is 22.7 Å². The lowest BCUT2D eigenvalue weighted by molar-refractivity contribution is 0.245. The third-order valence-electron chi connectivity index (χ3n) is 3.20. The molecule has 2 aromatic heterocycles. The number of rotatable bonds is 4. The Bertz CT molecular complexity index is 518. The van der Waals surface area contributed by atoms with Gasteiger partial charge >= 0.3 is 0 Å². The molecule has 0 aliphatic carbocycles. The van der Waals surface area contributed by atoms with Gasteiger partial charge in [0.05, 0.1) is 5.69 Å². The van der Waals surface area contributed by atoms with Crippen LogP contribution in [0.15, 0.2) is 16.8 Å². The smallest absolute Gasteiger partial charge is 0.107 e. The van der Waals surface area contributed by atoms with Crippen LogP contribution >= 0.6 is 22.7 Å². The predicted octanol–water partition coefficient (Wildman–Crippen LogP) is 2.48. The van der Waals surface area contributed by atoms with Crippen LogP contribution in [0.25, 0.3) is 0 Å². The number of hydrogen-bond donors (Lipinski definition) is 1. The fraction of sp³-hybridized carbons (Fsp3) is 0.462. The van der Waals surface area contributed by atoms with E-state index in [0.29, 0.717) is 0 Å². The monoisotopic (exact) mass is 279 g/mol. The van der Waals surface area contributed by atoms with Gasteiger partial charge in [0.1, 0.15) is 5.01 Å². The van der Waals surface area contributed by atoms with Crippen molar-refractivity contribution in [3.63, 3.8) is 0 Å². The molecule has 18 heavy (non-hydrogen) atoms. The molecule has 96 valence electrons. The maximum Gasteiger partial charge on any atom is 0.107 e. The maximum atomic E-state index is 4.65. The molecule has 0 bridgehead atoms. The molecule has 1 N–H and O–H groups in total. The average molecular weight is 279 g/mol. The fourth-order valence-electron chi connectivity index (χ4n) is 2.32. The summed E-state index contributed by atoms with van der Waals surface area (Å²) < 4.78 is 0. The van der Waals surface area contributed by atoms with Crippen LogP contribution in [-0.2, 0) is 26.1 Å². The summed E-state index contributed by atoms with van der Waals surface area (Å²) in [6, 6.07) is 2.26. The first-order valence-corrected chi connectivity index (χ1v) is 7.96. The summed E-state index contributed by atoms with van der Waals surface area (Å²) in [6.07, 6.45) is 1.19. The van der Waals surface area contributed by atoms with Crippen molar-refractivity contribution < 1.29 is 0 Å². The van der Waals surface area contributed by atoms with Crippen LogP contribution in [0.1, 0.15) is 21.1 Å². The summed E-state index contributed by atoms with van der Waals surface area (Å²) in [5, 5.41) is 8.73. The first-order valence-electron chi connectivity index (χ1n) is 6.20. The highest BCUT2D eigenvalue weighted by molar-refractivity contribution is 7.10. The number of fused-ring (bicyclic) bond motifs is 1. The molecule has 0 unspecified atom stereocenters. The molecule has 0 amide bonds. The van der Waals surface area contributed by atoms with Crippen LogP contribution < -0.4 is 5.32 Å². The van der Waals surface area contributed by atoms with Crippen LogP contribution in [0.4, 0.5) is 0 Å². The average Bonchev–Trinajstić information content (AvgIpc) is 2.98. The Balaban J connectivity index is 1.63. The molecular weight excluding hydrogens is 262 g/mol. The molecule has 1 aliphatic heterocycles. The van der Waals surface area contributed by atoms with Crippen molar-refractivity contribution in [1.29, 1.82) is 0 Å². The van der Waals surface area contributed by atoms with Gasteiger partial charge in [-0.2, -0.15) is 0 Å². The Morgan fingerprint density at radius 2 is 2.39 bits per heavy atom. The number of nitrogens with zero attached hydrogens (tertiary/aromatic N) is 2. The molecule has 3 nitrogen and oxygen atoms in total. The van der Waals surface area contributed by atoms with Gasteiger partial charge in [-0.25, -0.2) is 4.98 Å². The molecule has 0 radical (unpaired) electrons. The Hall–Kier alpha value is -0.750. The van der Waals surface area contributed by atoms with E-state index in [0.717, 1.165) is 26.2 Å². The van der Waals surface area contributed by atoms with Crippen LogP contribution in [0.5, 0.6) is 0 Å². The van der Waals surface area contributed by atoms with E-state index in [1.54, 1.807) is 16.2 Å². The third kappa shape index (κ3) is 2.64.